The van der Waals surface area contributed by atoms with Crippen LogP contribution in [-0.2, 0) is 16.0 Å². The number of nitrogens with one attached hydrogen (secondary N) is 1. The lowest BCUT2D eigenvalue weighted by Crippen LogP contribution is -2.36. The van der Waals surface area contributed by atoms with E-state index in [1.165, 1.54) is 0 Å². The third-order valence-electron chi connectivity index (χ3n) is 5.24. The van der Waals surface area contributed by atoms with Crippen LogP contribution in [0.1, 0.15) is 31.4 Å². The monoisotopic (exact) mass is 383 g/mol. The van der Waals surface area contributed by atoms with Gasteiger partial charge in [-0.25, -0.2) is 9.97 Å². The normalized spacial score (nSPS) is 19.2. The topological polar surface area (TPSA) is 80.2 Å². The second-order valence-corrected chi connectivity index (χ2v) is 7.42. The molecule has 2 heterocycles. The molecule has 0 saturated heterocycles. The quantitative estimate of drug-likeness (QED) is 0.791. The molecule has 28 heavy (non-hydrogen) atoms. The maximum atomic E-state index is 12.6. The molecule has 0 bridgehead atoms. The molecule has 0 radical (unpaired) electrons. The lowest BCUT2D eigenvalue weighted by atomic mass is 9.86. The van der Waals surface area contributed by atoms with Gasteiger partial charge in [-0.2, -0.15) is 0 Å². The molecular weight excluding hydrogens is 354 g/mol. The van der Waals surface area contributed by atoms with Gasteiger partial charge in [0, 0.05) is 64.2 Å². The van der Waals surface area contributed by atoms with Gasteiger partial charge in [0.05, 0.1) is 11.8 Å². The highest BCUT2D eigenvalue weighted by molar-refractivity contribution is 5.78. The summed E-state index contributed by atoms with van der Waals surface area (Å²) in [6.07, 6.45) is 10.0. The van der Waals surface area contributed by atoms with E-state index >= 15 is 0 Å². The van der Waals surface area contributed by atoms with Gasteiger partial charge in [0.2, 0.25) is 11.9 Å². The Morgan fingerprint density at radius 2 is 2.07 bits per heavy atom. The summed E-state index contributed by atoms with van der Waals surface area (Å²) < 4.78 is 5.44. The van der Waals surface area contributed by atoms with Crippen LogP contribution in [0.4, 0.5) is 5.95 Å². The average Bonchev–Trinajstić information content (AvgIpc) is 2.74. The molecule has 1 aliphatic carbocycles. The van der Waals surface area contributed by atoms with Crippen LogP contribution >= 0.6 is 0 Å². The number of anilines is 1. The maximum absolute atomic E-state index is 12.6. The maximum Gasteiger partial charge on any atom is 0.225 e. The van der Waals surface area contributed by atoms with Crippen molar-refractivity contribution in [1.82, 2.24) is 20.3 Å². The molecule has 0 unspecified atom stereocenters. The van der Waals surface area contributed by atoms with Gasteiger partial charge < -0.3 is 15.0 Å². The van der Waals surface area contributed by atoms with Gasteiger partial charge in [0.1, 0.15) is 0 Å². The molecular formula is C21H29N5O2. The Bertz CT molecular complexity index is 782. The molecule has 1 saturated carbocycles. The number of carbonyl (C=O) groups is 1. The summed E-state index contributed by atoms with van der Waals surface area (Å²) in [4.78, 5) is 27.7. The molecule has 150 valence electrons. The fourth-order valence-electron chi connectivity index (χ4n) is 3.63. The van der Waals surface area contributed by atoms with Gasteiger partial charge >= 0.3 is 0 Å². The third kappa shape index (κ3) is 5.04. The van der Waals surface area contributed by atoms with Gasteiger partial charge in [-0.3, -0.25) is 9.78 Å². The van der Waals surface area contributed by atoms with Crippen LogP contribution in [0.3, 0.4) is 0 Å². The predicted molar refractivity (Wildman–Crippen MR) is 109 cm³/mol. The molecule has 2 atom stereocenters. The minimum Gasteiger partial charge on any atom is -0.381 e. The number of hydrogen-bond acceptors (Lipinski definition) is 6. The molecule has 2 aromatic rings. The van der Waals surface area contributed by atoms with Gasteiger partial charge in [0.15, 0.2) is 0 Å². The second kappa shape index (κ2) is 9.59. The van der Waals surface area contributed by atoms with Crippen molar-refractivity contribution in [2.24, 2.45) is 5.92 Å². The van der Waals surface area contributed by atoms with Crippen LogP contribution < -0.4 is 10.2 Å². The zero-order chi connectivity index (χ0) is 19.9. The van der Waals surface area contributed by atoms with Crippen molar-refractivity contribution in [1.29, 1.82) is 0 Å². The van der Waals surface area contributed by atoms with Crippen molar-refractivity contribution < 1.29 is 9.53 Å². The minimum absolute atomic E-state index is 0.0427. The van der Waals surface area contributed by atoms with E-state index in [-0.39, 0.29) is 17.9 Å². The minimum atomic E-state index is 0.0427. The van der Waals surface area contributed by atoms with Crippen molar-refractivity contribution in [2.45, 2.75) is 38.2 Å². The molecule has 0 spiro atoms. The fourth-order valence-corrected chi connectivity index (χ4v) is 3.63. The third-order valence-corrected chi connectivity index (χ3v) is 5.24. The van der Waals surface area contributed by atoms with E-state index in [1.807, 2.05) is 37.3 Å². The zero-order valence-corrected chi connectivity index (χ0v) is 16.9. The summed E-state index contributed by atoms with van der Waals surface area (Å²) in [6.45, 7) is 0.551. The molecule has 7 nitrogen and oxygen atoms in total. The number of rotatable bonds is 7. The van der Waals surface area contributed by atoms with Crippen LogP contribution in [0.25, 0.3) is 11.1 Å². The lowest BCUT2D eigenvalue weighted by Gasteiger charge is -2.27. The van der Waals surface area contributed by atoms with E-state index in [2.05, 4.69) is 15.3 Å². The average molecular weight is 383 g/mol. The number of methoxy groups -OCH3 is 1. The molecule has 1 amide bonds. The first-order valence-electron chi connectivity index (χ1n) is 9.82. The standard InChI is InChI=1S/C21H29N5O2/c1-26(2)21-24-14-18(15-7-10-22-11-8-15)19(25-21)9-12-23-20(27)16-5-4-6-17(13-16)28-3/h7-8,10-11,14,16-17H,4-6,9,12-13H2,1-3H3,(H,23,27)/t16-,17-/m1/s1. The highest BCUT2D eigenvalue weighted by Gasteiger charge is 2.27. The van der Waals surface area contributed by atoms with Crippen molar-refractivity contribution in [3.05, 3.63) is 36.4 Å². The van der Waals surface area contributed by atoms with E-state index in [4.69, 9.17) is 9.72 Å². The molecule has 3 rings (SSSR count). The second-order valence-electron chi connectivity index (χ2n) is 7.42. The number of hydrogen-bond donors (Lipinski definition) is 1. The summed E-state index contributed by atoms with van der Waals surface area (Å²) in [5, 5.41) is 3.09. The summed E-state index contributed by atoms with van der Waals surface area (Å²) in [5.74, 6) is 0.824. The first-order valence-corrected chi connectivity index (χ1v) is 9.82. The van der Waals surface area contributed by atoms with E-state index in [1.54, 1.807) is 19.5 Å². The first kappa shape index (κ1) is 20.2. The summed E-state index contributed by atoms with van der Waals surface area (Å²) in [5.41, 5.74) is 2.92. The number of nitrogens with zero attached hydrogens (tertiary/aromatic N) is 4. The Kier molecular flexibility index (Phi) is 6.92. The summed E-state index contributed by atoms with van der Waals surface area (Å²) in [6, 6.07) is 3.89. The van der Waals surface area contributed by atoms with Gasteiger partial charge in [0.25, 0.3) is 0 Å². The lowest BCUT2D eigenvalue weighted by molar-refractivity contribution is -0.127. The largest absolute Gasteiger partial charge is 0.381 e. The van der Waals surface area contributed by atoms with Gasteiger partial charge in [-0.15, -0.1) is 0 Å². The summed E-state index contributed by atoms with van der Waals surface area (Å²) in [7, 11) is 5.56. The highest BCUT2D eigenvalue weighted by Crippen LogP contribution is 2.26. The highest BCUT2D eigenvalue weighted by atomic mass is 16.5. The Labute approximate surface area is 166 Å². The number of aromatic nitrogens is 3. The number of pyridine rings is 1. The van der Waals surface area contributed by atoms with Crippen LogP contribution in [0.2, 0.25) is 0 Å². The van der Waals surface area contributed by atoms with E-state index in [9.17, 15) is 4.79 Å². The molecule has 1 fully saturated rings. The van der Waals surface area contributed by atoms with Crippen LogP contribution in [-0.4, -0.2) is 54.7 Å². The predicted octanol–water partition coefficient (Wildman–Crippen LogP) is 2.47. The van der Waals surface area contributed by atoms with Crippen molar-refractivity contribution >= 4 is 11.9 Å². The Morgan fingerprint density at radius 3 is 2.79 bits per heavy atom. The molecule has 1 aliphatic rings. The van der Waals surface area contributed by atoms with Crippen LogP contribution in [0.15, 0.2) is 30.7 Å². The molecule has 2 aromatic heterocycles. The molecule has 0 aliphatic heterocycles. The van der Waals surface area contributed by atoms with Crippen LogP contribution in [0.5, 0.6) is 0 Å². The Hall–Kier alpha value is -2.54. The van der Waals surface area contributed by atoms with Gasteiger partial charge in [-0.1, -0.05) is 6.42 Å². The van der Waals surface area contributed by atoms with E-state index in [0.717, 1.165) is 42.5 Å². The number of carbonyl (C=O) groups excluding carboxylic acids is 1. The van der Waals surface area contributed by atoms with E-state index in [0.29, 0.717) is 18.9 Å². The molecule has 1 N–H and O–H groups in total. The van der Waals surface area contributed by atoms with Gasteiger partial charge in [-0.05, 0) is 37.0 Å². The smallest absolute Gasteiger partial charge is 0.225 e. The van der Waals surface area contributed by atoms with Crippen molar-refractivity contribution in [3.63, 3.8) is 0 Å². The zero-order valence-electron chi connectivity index (χ0n) is 16.9. The number of ether oxygens (including phenoxy) is 1. The van der Waals surface area contributed by atoms with Crippen LogP contribution in [0, 0.1) is 5.92 Å². The van der Waals surface area contributed by atoms with Crippen molar-refractivity contribution in [3.8, 4) is 11.1 Å². The fraction of sp³-hybridized carbons (Fsp3) is 0.524. The Morgan fingerprint density at radius 1 is 1.29 bits per heavy atom. The molecule has 7 heteroatoms. The number of amides is 1. The first-order chi connectivity index (χ1) is 13.6. The molecule has 0 aromatic carbocycles. The van der Waals surface area contributed by atoms with E-state index < -0.39 is 0 Å². The Balaban J connectivity index is 1.67. The summed E-state index contributed by atoms with van der Waals surface area (Å²) >= 11 is 0. The SMILES string of the molecule is CO[C@@H]1CCC[C@@H](C(=O)NCCc2nc(N(C)C)ncc2-c2ccncc2)C1. The van der Waals surface area contributed by atoms with Crippen molar-refractivity contribution in [2.75, 3.05) is 32.6 Å².